The largest absolute Gasteiger partial charge is 0.278 e. The molecule has 3 rings (SSSR count). The van der Waals surface area contributed by atoms with E-state index in [1.54, 1.807) is 6.20 Å². The molecule has 1 aromatic heterocycles. The van der Waals surface area contributed by atoms with E-state index in [1.165, 1.54) is 0 Å². The lowest BCUT2D eigenvalue weighted by Crippen LogP contribution is -2.11. The Hall–Kier alpha value is -2.55. The third kappa shape index (κ3) is 3.19. The van der Waals surface area contributed by atoms with E-state index in [0.29, 0.717) is 0 Å². The molecular formula is C19H19N3. The third-order valence-corrected chi connectivity index (χ3v) is 3.68. The molecule has 0 saturated heterocycles. The van der Waals surface area contributed by atoms with Gasteiger partial charge in [0.15, 0.2) is 0 Å². The van der Waals surface area contributed by atoms with Gasteiger partial charge >= 0.3 is 0 Å². The van der Waals surface area contributed by atoms with E-state index in [0.717, 1.165) is 22.7 Å². The number of rotatable bonds is 4. The minimum atomic E-state index is 0.118. The topological polar surface area (TPSA) is 37.6 Å². The van der Waals surface area contributed by atoms with Crippen LogP contribution in [0.15, 0.2) is 76.9 Å². The first-order valence-electron chi connectivity index (χ1n) is 7.48. The summed E-state index contributed by atoms with van der Waals surface area (Å²) in [6, 6.07) is 4.25. The van der Waals surface area contributed by atoms with Crippen LogP contribution in [0.2, 0.25) is 0 Å². The third-order valence-electron chi connectivity index (χ3n) is 3.68. The Morgan fingerprint density at radius 2 is 1.41 bits per heavy atom. The van der Waals surface area contributed by atoms with Gasteiger partial charge in [-0.1, -0.05) is 48.6 Å². The Morgan fingerprint density at radius 3 is 2.00 bits per heavy atom. The van der Waals surface area contributed by atoms with Crippen molar-refractivity contribution in [2.45, 2.75) is 25.9 Å². The van der Waals surface area contributed by atoms with Gasteiger partial charge in [0.1, 0.15) is 0 Å². The zero-order valence-electron chi connectivity index (χ0n) is 12.8. The molecule has 0 N–H and O–H groups in total. The summed E-state index contributed by atoms with van der Waals surface area (Å²) in [5.74, 6) is 0. The second kappa shape index (κ2) is 6.48. The summed E-state index contributed by atoms with van der Waals surface area (Å²) in [6.07, 6.45) is 18.2. The van der Waals surface area contributed by atoms with Crippen LogP contribution in [0.3, 0.4) is 0 Å². The van der Waals surface area contributed by atoms with Gasteiger partial charge in [-0.3, -0.25) is 15.0 Å². The van der Waals surface area contributed by atoms with Crippen molar-refractivity contribution in [2.75, 3.05) is 0 Å². The van der Waals surface area contributed by atoms with E-state index in [1.807, 2.05) is 44.2 Å². The molecule has 0 unspecified atom stereocenters. The summed E-state index contributed by atoms with van der Waals surface area (Å²) < 4.78 is 0. The van der Waals surface area contributed by atoms with Crippen LogP contribution in [-0.4, -0.2) is 28.5 Å². The molecule has 3 nitrogen and oxygen atoms in total. The molecular weight excluding hydrogens is 270 g/mol. The van der Waals surface area contributed by atoms with Gasteiger partial charge in [-0.15, -0.1) is 0 Å². The lowest BCUT2D eigenvalue weighted by atomic mass is 10.1. The predicted octanol–water partition coefficient (Wildman–Crippen LogP) is 3.69. The summed E-state index contributed by atoms with van der Waals surface area (Å²) in [5.41, 5.74) is 3.87. The van der Waals surface area contributed by atoms with E-state index >= 15 is 0 Å². The average molecular weight is 289 g/mol. The number of hydrogen-bond donors (Lipinski definition) is 0. The zero-order chi connectivity index (χ0) is 15.4. The fraction of sp³-hybridized carbons (Fsp3) is 0.211. The molecule has 110 valence electrons. The second-order valence-corrected chi connectivity index (χ2v) is 5.35. The van der Waals surface area contributed by atoms with Crippen molar-refractivity contribution in [1.29, 1.82) is 0 Å². The molecule has 2 aliphatic rings. The smallest absolute Gasteiger partial charge is 0.0927 e. The van der Waals surface area contributed by atoms with Crippen LogP contribution in [0, 0.1) is 0 Å². The molecule has 0 radical (unpaired) electrons. The molecule has 0 spiro atoms. The van der Waals surface area contributed by atoms with Crippen molar-refractivity contribution in [3.8, 4) is 0 Å². The molecule has 1 aromatic rings. The van der Waals surface area contributed by atoms with Crippen LogP contribution in [0.4, 0.5) is 0 Å². The summed E-state index contributed by atoms with van der Waals surface area (Å²) >= 11 is 0. The van der Waals surface area contributed by atoms with E-state index in [-0.39, 0.29) is 12.1 Å². The second-order valence-electron chi connectivity index (χ2n) is 5.35. The quantitative estimate of drug-likeness (QED) is 0.779. The fourth-order valence-corrected chi connectivity index (χ4v) is 2.58. The van der Waals surface area contributed by atoms with Gasteiger partial charge in [0.05, 0.1) is 23.5 Å². The van der Waals surface area contributed by atoms with Crippen molar-refractivity contribution in [2.24, 2.45) is 9.98 Å². The fourth-order valence-electron chi connectivity index (χ4n) is 2.58. The van der Waals surface area contributed by atoms with E-state index in [2.05, 4.69) is 35.4 Å². The zero-order valence-corrected chi connectivity index (χ0v) is 12.8. The SMILES string of the molecule is CC(=NC1C=CC=C1)c1cccnc1C(C)=NC1C=CC=C1. The summed E-state index contributed by atoms with van der Waals surface area (Å²) in [5, 5.41) is 0. The van der Waals surface area contributed by atoms with Crippen molar-refractivity contribution >= 4 is 11.4 Å². The van der Waals surface area contributed by atoms with E-state index in [9.17, 15) is 0 Å². The molecule has 22 heavy (non-hydrogen) atoms. The molecule has 1 heterocycles. The van der Waals surface area contributed by atoms with Crippen LogP contribution in [0.25, 0.3) is 0 Å². The van der Waals surface area contributed by atoms with Gasteiger partial charge in [-0.25, -0.2) is 0 Å². The average Bonchev–Trinajstić information content (AvgIpc) is 3.21. The highest BCUT2D eigenvalue weighted by atomic mass is 14.8. The maximum atomic E-state index is 4.74. The van der Waals surface area contributed by atoms with Crippen molar-refractivity contribution in [1.82, 2.24) is 4.98 Å². The van der Waals surface area contributed by atoms with Crippen LogP contribution >= 0.6 is 0 Å². The van der Waals surface area contributed by atoms with Gasteiger partial charge in [0.25, 0.3) is 0 Å². The number of pyridine rings is 1. The number of nitrogens with zero attached hydrogens (tertiary/aromatic N) is 3. The molecule has 0 saturated carbocycles. The Morgan fingerprint density at radius 1 is 0.864 bits per heavy atom. The lowest BCUT2D eigenvalue weighted by Gasteiger charge is -2.10. The molecule has 0 amide bonds. The highest BCUT2D eigenvalue weighted by Gasteiger charge is 2.12. The number of hydrogen-bond acceptors (Lipinski definition) is 3. The molecule has 2 aliphatic carbocycles. The van der Waals surface area contributed by atoms with Gasteiger partial charge in [-0.2, -0.15) is 0 Å². The van der Waals surface area contributed by atoms with Crippen LogP contribution in [0.5, 0.6) is 0 Å². The maximum absolute atomic E-state index is 4.74. The van der Waals surface area contributed by atoms with Crippen molar-refractivity contribution < 1.29 is 0 Å². The monoisotopic (exact) mass is 289 g/mol. The van der Waals surface area contributed by atoms with Crippen LogP contribution < -0.4 is 0 Å². The van der Waals surface area contributed by atoms with Gasteiger partial charge < -0.3 is 0 Å². The van der Waals surface area contributed by atoms with Crippen molar-refractivity contribution in [3.05, 3.63) is 78.2 Å². The highest BCUT2D eigenvalue weighted by molar-refractivity contribution is 6.10. The Balaban J connectivity index is 1.92. The van der Waals surface area contributed by atoms with Crippen molar-refractivity contribution in [3.63, 3.8) is 0 Å². The maximum Gasteiger partial charge on any atom is 0.0927 e. The first-order chi connectivity index (χ1) is 10.7. The van der Waals surface area contributed by atoms with Gasteiger partial charge in [0.2, 0.25) is 0 Å². The first-order valence-corrected chi connectivity index (χ1v) is 7.48. The summed E-state index contributed by atoms with van der Waals surface area (Å²) in [4.78, 5) is 14.0. The normalized spacial score (nSPS) is 18.8. The van der Waals surface area contributed by atoms with Gasteiger partial charge in [-0.05, 0) is 26.0 Å². The molecule has 0 bridgehead atoms. The van der Waals surface area contributed by atoms with Gasteiger partial charge in [0, 0.05) is 17.5 Å². The summed E-state index contributed by atoms with van der Waals surface area (Å²) in [7, 11) is 0. The molecule has 0 aliphatic heterocycles. The first kappa shape index (κ1) is 14.4. The standard InChI is InChI=1S/C19H19N3/c1-14(21-16-8-3-4-9-16)18-12-7-13-20-19(18)15(2)22-17-10-5-6-11-17/h3-13,16-17H,1-2H3. The van der Waals surface area contributed by atoms with E-state index < -0.39 is 0 Å². The lowest BCUT2D eigenvalue weighted by molar-refractivity contribution is 1.03. The minimum absolute atomic E-state index is 0.118. The highest BCUT2D eigenvalue weighted by Crippen LogP contribution is 2.14. The molecule has 0 fully saturated rings. The minimum Gasteiger partial charge on any atom is -0.278 e. The molecule has 3 heteroatoms. The Kier molecular flexibility index (Phi) is 4.24. The molecule has 0 aromatic carbocycles. The Labute approximate surface area is 131 Å². The Bertz CT molecular complexity index is 646. The summed E-state index contributed by atoms with van der Waals surface area (Å²) in [6.45, 7) is 4.04. The number of allylic oxidation sites excluding steroid dienone is 4. The van der Waals surface area contributed by atoms with E-state index in [4.69, 9.17) is 9.98 Å². The number of aromatic nitrogens is 1. The number of aliphatic imine (C=N–C) groups is 2. The predicted molar refractivity (Wildman–Crippen MR) is 92.8 cm³/mol. The van der Waals surface area contributed by atoms with Crippen LogP contribution in [0.1, 0.15) is 25.1 Å². The molecule has 0 atom stereocenters. The van der Waals surface area contributed by atoms with Crippen LogP contribution in [-0.2, 0) is 0 Å².